The van der Waals surface area contributed by atoms with E-state index in [1.807, 2.05) is 0 Å². The van der Waals surface area contributed by atoms with Crippen molar-refractivity contribution in [3.8, 4) is 5.75 Å². The highest BCUT2D eigenvalue weighted by atomic mass is 19.3. The summed E-state index contributed by atoms with van der Waals surface area (Å²) in [4.78, 5) is 44.7. The van der Waals surface area contributed by atoms with Crippen molar-refractivity contribution in [1.82, 2.24) is 20.1 Å². The van der Waals surface area contributed by atoms with E-state index in [4.69, 9.17) is 0 Å². The Balaban J connectivity index is 1.19. The number of nitrogens with zero attached hydrogens (tertiary/aromatic N) is 3. The number of halogens is 4. The summed E-state index contributed by atoms with van der Waals surface area (Å²) in [6, 6.07) is 7.93. The molecule has 13 heteroatoms. The minimum absolute atomic E-state index is 0.111. The summed E-state index contributed by atoms with van der Waals surface area (Å²) in [6.45, 7) is 1.56. The summed E-state index contributed by atoms with van der Waals surface area (Å²) in [5.74, 6) is -1.58. The molecule has 0 radical (unpaired) electrons. The Morgan fingerprint density at radius 3 is 2.44 bits per heavy atom. The number of hydrogen-bond donors (Lipinski definition) is 2. The van der Waals surface area contributed by atoms with Gasteiger partial charge in [0.15, 0.2) is 0 Å². The molecule has 4 heterocycles. The molecule has 0 aliphatic carbocycles. The lowest BCUT2D eigenvalue weighted by atomic mass is 9.87. The molecule has 1 unspecified atom stereocenters. The number of nitrogens with one attached hydrogen (secondary N) is 1. The van der Waals surface area contributed by atoms with Gasteiger partial charge in [-0.05, 0) is 49.1 Å². The lowest BCUT2D eigenvalue weighted by Gasteiger charge is -2.38. The summed E-state index contributed by atoms with van der Waals surface area (Å²) in [5.41, 5.74) is 0.798. The first-order chi connectivity index (χ1) is 18.4. The molecule has 3 aliphatic heterocycles. The second kappa shape index (κ2) is 10.2. The first kappa shape index (κ1) is 27.0. The van der Waals surface area contributed by atoms with Crippen LogP contribution in [-0.2, 0) is 28.3 Å². The third kappa shape index (κ3) is 5.46. The Bertz CT molecular complexity index is 1280. The van der Waals surface area contributed by atoms with Crippen LogP contribution in [0.15, 0.2) is 36.4 Å². The van der Waals surface area contributed by atoms with Crippen molar-refractivity contribution in [2.24, 2.45) is 0 Å². The number of likely N-dealkylation sites (tertiary alicyclic amines) is 1. The number of carbonyl (C=O) groups is 3. The van der Waals surface area contributed by atoms with Crippen LogP contribution < -0.4 is 10.1 Å². The molecule has 1 aromatic carbocycles. The van der Waals surface area contributed by atoms with Gasteiger partial charge in [-0.25, -0.2) is 0 Å². The molecule has 9 nitrogen and oxygen atoms in total. The van der Waals surface area contributed by atoms with Crippen LogP contribution in [0.1, 0.15) is 53.0 Å². The molecule has 3 aliphatic rings. The van der Waals surface area contributed by atoms with Gasteiger partial charge in [-0.1, -0.05) is 12.1 Å². The number of aliphatic hydroxyl groups is 1. The van der Waals surface area contributed by atoms with Crippen molar-refractivity contribution in [2.75, 3.05) is 13.1 Å². The van der Waals surface area contributed by atoms with Crippen molar-refractivity contribution in [3.63, 3.8) is 0 Å². The van der Waals surface area contributed by atoms with E-state index in [1.165, 1.54) is 29.2 Å². The summed E-state index contributed by atoms with van der Waals surface area (Å²) in [6.07, 6.45) is -7.40. The number of alkyl halides is 4. The maximum Gasteiger partial charge on any atom is 0.461 e. The predicted molar refractivity (Wildman–Crippen MR) is 127 cm³/mol. The minimum atomic E-state index is -4.57. The molecule has 5 rings (SSSR count). The van der Waals surface area contributed by atoms with Crippen LogP contribution >= 0.6 is 0 Å². The first-order valence-corrected chi connectivity index (χ1v) is 12.5. The molecule has 1 atom stereocenters. The number of pyridine rings is 1. The number of carbonyl (C=O) groups excluding carboxylic acids is 3. The number of imide groups is 1. The topological polar surface area (TPSA) is 112 Å². The molecule has 0 bridgehead atoms. The highest BCUT2D eigenvalue weighted by Gasteiger charge is 2.44. The molecule has 0 spiro atoms. The standard InChI is InChI=1S/C26H26F4N4O5/c27-24(28)26(29,30)39-16-3-1-15(2-4-16)13-33-11-9-25(38,10-12-33)20-7-5-17-18(31-20)14-34(23(17)37)19-6-8-21(35)32-22(19)36/h1-5,7,19,24,38H,6,8-14H2,(H,32,35,36). The second-order valence-corrected chi connectivity index (χ2v) is 10.0. The van der Waals surface area contributed by atoms with Crippen LogP contribution in [0, 0.1) is 0 Å². The predicted octanol–water partition coefficient (Wildman–Crippen LogP) is 2.56. The van der Waals surface area contributed by atoms with Gasteiger partial charge in [0.1, 0.15) is 17.4 Å². The minimum Gasteiger partial charge on any atom is -0.428 e. The van der Waals surface area contributed by atoms with E-state index >= 15 is 0 Å². The highest BCUT2D eigenvalue weighted by molar-refractivity contribution is 6.05. The van der Waals surface area contributed by atoms with Crippen LogP contribution in [0.4, 0.5) is 17.6 Å². The molecule has 2 aromatic rings. The van der Waals surface area contributed by atoms with Crippen LogP contribution in [0.25, 0.3) is 0 Å². The smallest absolute Gasteiger partial charge is 0.428 e. The number of ether oxygens (including phenoxy) is 1. The van der Waals surface area contributed by atoms with Crippen molar-refractivity contribution in [1.29, 1.82) is 0 Å². The molecule has 2 N–H and O–H groups in total. The SMILES string of the molecule is O=C1CCC(N2Cc3nc(C4(O)CCN(Cc5ccc(OC(F)(F)C(F)F)cc5)CC4)ccc3C2=O)C(=O)N1. The third-order valence-electron chi connectivity index (χ3n) is 7.37. The normalized spacial score (nSPS) is 21.7. The van der Waals surface area contributed by atoms with E-state index < -0.39 is 30.1 Å². The number of hydrogen-bond acceptors (Lipinski definition) is 7. The van der Waals surface area contributed by atoms with E-state index in [0.29, 0.717) is 49.4 Å². The van der Waals surface area contributed by atoms with Gasteiger partial charge in [0.05, 0.1) is 23.5 Å². The van der Waals surface area contributed by atoms with Crippen molar-refractivity contribution in [2.45, 2.75) is 62.9 Å². The van der Waals surface area contributed by atoms with E-state index in [9.17, 15) is 37.1 Å². The number of amides is 3. The van der Waals surface area contributed by atoms with Crippen LogP contribution in [0.3, 0.4) is 0 Å². The molecule has 2 fully saturated rings. The molecule has 2 saturated heterocycles. The number of benzene rings is 1. The Hall–Kier alpha value is -3.58. The number of rotatable bonds is 7. The van der Waals surface area contributed by atoms with Crippen LogP contribution in [0.2, 0.25) is 0 Å². The Morgan fingerprint density at radius 1 is 1.10 bits per heavy atom. The molecule has 208 valence electrons. The van der Waals surface area contributed by atoms with Gasteiger partial charge >= 0.3 is 12.5 Å². The molecular formula is C26H26F4N4O5. The van der Waals surface area contributed by atoms with E-state index in [2.05, 4.69) is 19.9 Å². The molecule has 0 saturated carbocycles. The van der Waals surface area contributed by atoms with Gasteiger partial charge in [-0.15, -0.1) is 0 Å². The Morgan fingerprint density at radius 2 is 1.79 bits per heavy atom. The maximum atomic E-state index is 13.1. The molecule has 3 amide bonds. The monoisotopic (exact) mass is 550 g/mol. The number of fused-ring (bicyclic) bond motifs is 1. The third-order valence-corrected chi connectivity index (χ3v) is 7.37. The van der Waals surface area contributed by atoms with Gasteiger partial charge in [0.2, 0.25) is 11.8 Å². The van der Waals surface area contributed by atoms with Gasteiger partial charge in [-0.3, -0.25) is 29.6 Å². The molecular weight excluding hydrogens is 524 g/mol. The zero-order valence-corrected chi connectivity index (χ0v) is 20.7. The van der Waals surface area contributed by atoms with Gasteiger partial charge in [-0.2, -0.15) is 17.6 Å². The summed E-state index contributed by atoms with van der Waals surface area (Å²) < 4.78 is 54.9. The van der Waals surface area contributed by atoms with Crippen molar-refractivity contribution in [3.05, 3.63) is 58.9 Å². The van der Waals surface area contributed by atoms with E-state index in [1.54, 1.807) is 12.1 Å². The molecule has 1 aromatic heterocycles. The summed E-state index contributed by atoms with van der Waals surface area (Å²) >= 11 is 0. The summed E-state index contributed by atoms with van der Waals surface area (Å²) in [5, 5.41) is 13.6. The fraction of sp³-hybridized carbons (Fsp3) is 0.462. The van der Waals surface area contributed by atoms with Gasteiger partial charge in [0, 0.05) is 26.1 Å². The summed E-state index contributed by atoms with van der Waals surface area (Å²) in [7, 11) is 0. The lowest BCUT2D eigenvalue weighted by Crippen LogP contribution is -2.52. The maximum absolute atomic E-state index is 13.1. The van der Waals surface area contributed by atoms with Crippen molar-refractivity contribution >= 4 is 17.7 Å². The molecule has 39 heavy (non-hydrogen) atoms. The zero-order chi connectivity index (χ0) is 27.9. The Labute approximate surface area is 220 Å². The fourth-order valence-corrected chi connectivity index (χ4v) is 5.15. The fourth-order valence-electron chi connectivity index (χ4n) is 5.15. The van der Waals surface area contributed by atoms with E-state index in [0.717, 1.165) is 5.56 Å². The number of aromatic nitrogens is 1. The van der Waals surface area contributed by atoms with Crippen LogP contribution in [-0.4, -0.2) is 69.3 Å². The quantitative estimate of drug-likeness (QED) is 0.403. The second-order valence-electron chi connectivity index (χ2n) is 10.0. The van der Waals surface area contributed by atoms with Gasteiger partial charge < -0.3 is 14.7 Å². The van der Waals surface area contributed by atoms with Crippen molar-refractivity contribution < 1.29 is 41.8 Å². The van der Waals surface area contributed by atoms with Gasteiger partial charge in [0.25, 0.3) is 5.91 Å². The average Bonchev–Trinajstić information content (AvgIpc) is 3.22. The van der Waals surface area contributed by atoms with Crippen LogP contribution in [0.5, 0.6) is 5.75 Å². The number of piperidine rings is 2. The highest BCUT2D eigenvalue weighted by Crippen LogP contribution is 2.35. The Kier molecular flexibility index (Phi) is 7.06. The zero-order valence-electron chi connectivity index (χ0n) is 20.7. The average molecular weight is 551 g/mol. The lowest BCUT2D eigenvalue weighted by molar-refractivity contribution is -0.253. The largest absolute Gasteiger partial charge is 0.461 e. The van der Waals surface area contributed by atoms with E-state index in [-0.39, 0.29) is 37.0 Å². The first-order valence-electron chi connectivity index (χ1n) is 12.5.